The van der Waals surface area contributed by atoms with Gasteiger partial charge in [0.1, 0.15) is 6.04 Å². The van der Waals surface area contributed by atoms with E-state index in [1.54, 1.807) is 18.2 Å². The number of hydrogen-bond donors (Lipinski definition) is 2. The van der Waals surface area contributed by atoms with E-state index in [9.17, 15) is 27.9 Å². The Kier molecular flexibility index (Phi) is 5.69. The Morgan fingerprint density at radius 2 is 1.76 bits per heavy atom. The maximum Gasteiger partial charge on any atom is 0.416 e. The van der Waals surface area contributed by atoms with Crippen molar-refractivity contribution in [3.8, 4) is 0 Å². The fourth-order valence-electron chi connectivity index (χ4n) is 2.13. The van der Waals surface area contributed by atoms with Crippen molar-refractivity contribution in [2.75, 3.05) is 5.32 Å². The molecule has 2 aromatic carbocycles. The summed E-state index contributed by atoms with van der Waals surface area (Å²) in [6, 6.07) is 9.10. The second-order valence-electron chi connectivity index (χ2n) is 5.22. The summed E-state index contributed by atoms with van der Waals surface area (Å²) in [5, 5.41) is 11.6. The van der Waals surface area contributed by atoms with Crippen LogP contribution in [0, 0.1) is 0 Å². The van der Waals surface area contributed by atoms with Crippen LogP contribution < -0.4 is 5.32 Å². The molecule has 0 amide bonds. The van der Waals surface area contributed by atoms with Crippen LogP contribution in [0.3, 0.4) is 0 Å². The summed E-state index contributed by atoms with van der Waals surface area (Å²) in [6.07, 6.45) is -5.04. The maximum atomic E-state index is 12.8. The molecule has 2 aromatic rings. The molecule has 0 saturated heterocycles. The molecule has 0 aliphatic heterocycles. The van der Waals surface area contributed by atoms with Crippen molar-refractivity contribution in [1.82, 2.24) is 0 Å². The topological polar surface area (TPSA) is 66.4 Å². The van der Waals surface area contributed by atoms with Gasteiger partial charge in [-0.15, -0.1) is 0 Å². The SMILES string of the molecule is O=C(CC(Nc1cc(C(F)(F)F)ccc1Cl)C(=O)O)c1ccccc1. The largest absolute Gasteiger partial charge is 0.480 e. The summed E-state index contributed by atoms with van der Waals surface area (Å²) in [7, 11) is 0. The Hall–Kier alpha value is -2.54. The second kappa shape index (κ2) is 7.57. The molecular weight excluding hydrogens is 359 g/mol. The number of carbonyl (C=O) groups is 2. The monoisotopic (exact) mass is 371 g/mol. The molecule has 0 aromatic heterocycles. The number of carboxylic acids is 1. The van der Waals surface area contributed by atoms with E-state index in [0.29, 0.717) is 11.6 Å². The van der Waals surface area contributed by atoms with E-state index in [-0.39, 0.29) is 10.7 Å². The highest BCUT2D eigenvalue weighted by Crippen LogP contribution is 2.34. The number of Topliss-reactive ketones (excluding diaryl/α,β-unsaturated/α-hetero) is 1. The van der Waals surface area contributed by atoms with Crippen molar-refractivity contribution in [3.05, 3.63) is 64.7 Å². The van der Waals surface area contributed by atoms with E-state index in [0.717, 1.165) is 12.1 Å². The molecule has 2 rings (SSSR count). The Labute approximate surface area is 146 Å². The summed E-state index contributed by atoms with van der Waals surface area (Å²) in [5.41, 5.74) is -0.867. The number of anilines is 1. The van der Waals surface area contributed by atoms with Gasteiger partial charge in [-0.2, -0.15) is 13.2 Å². The Morgan fingerprint density at radius 1 is 1.12 bits per heavy atom. The summed E-state index contributed by atoms with van der Waals surface area (Å²) in [5.74, 6) is -1.83. The predicted octanol–water partition coefficient (Wildman–Crippen LogP) is 4.50. The fraction of sp³-hybridized carbons (Fsp3) is 0.176. The molecule has 0 spiro atoms. The smallest absolute Gasteiger partial charge is 0.416 e. The minimum atomic E-state index is -4.60. The molecule has 132 valence electrons. The molecule has 0 radical (unpaired) electrons. The van der Waals surface area contributed by atoms with E-state index in [4.69, 9.17) is 11.6 Å². The first-order valence-corrected chi connectivity index (χ1v) is 7.50. The molecule has 0 bridgehead atoms. The lowest BCUT2D eigenvalue weighted by Gasteiger charge is -2.17. The Bertz CT molecular complexity index is 778. The highest BCUT2D eigenvalue weighted by Gasteiger charge is 2.31. The standard InChI is InChI=1S/C17H13ClF3NO3/c18-12-7-6-11(17(19,20)21)8-13(12)22-14(16(24)25)9-15(23)10-4-2-1-3-5-10/h1-8,14,22H,9H2,(H,24,25). The zero-order valence-corrected chi connectivity index (χ0v) is 13.4. The Balaban J connectivity index is 2.22. The van der Waals surface area contributed by atoms with Crippen LogP contribution in [0.1, 0.15) is 22.3 Å². The molecule has 0 aliphatic carbocycles. The average molecular weight is 372 g/mol. The summed E-state index contributed by atoms with van der Waals surface area (Å²) < 4.78 is 38.4. The van der Waals surface area contributed by atoms with Gasteiger partial charge in [0.15, 0.2) is 5.78 Å². The molecule has 0 fully saturated rings. The van der Waals surface area contributed by atoms with Crippen LogP contribution in [0.2, 0.25) is 5.02 Å². The highest BCUT2D eigenvalue weighted by atomic mass is 35.5. The first kappa shape index (κ1) is 18.8. The first-order chi connectivity index (χ1) is 11.7. The van der Waals surface area contributed by atoms with Crippen molar-refractivity contribution in [2.45, 2.75) is 18.6 Å². The van der Waals surface area contributed by atoms with Crippen LogP contribution in [0.5, 0.6) is 0 Å². The van der Waals surface area contributed by atoms with Crippen molar-refractivity contribution in [2.24, 2.45) is 0 Å². The molecule has 25 heavy (non-hydrogen) atoms. The summed E-state index contributed by atoms with van der Waals surface area (Å²) >= 11 is 5.84. The number of alkyl halides is 3. The third kappa shape index (κ3) is 4.96. The fourth-order valence-corrected chi connectivity index (χ4v) is 2.30. The van der Waals surface area contributed by atoms with E-state index in [2.05, 4.69) is 5.32 Å². The molecular formula is C17H13ClF3NO3. The quantitative estimate of drug-likeness (QED) is 0.734. The van der Waals surface area contributed by atoms with Crippen molar-refractivity contribution in [1.29, 1.82) is 0 Å². The Morgan fingerprint density at radius 3 is 2.32 bits per heavy atom. The van der Waals surface area contributed by atoms with Crippen molar-refractivity contribution in [3.63, 3.8) is 0 Å². The van der Waals surface area contributed by atoms with Crippen molar-refractivity contribution < 1.29 is 27.9 Å². The maximum absolute atomic E-state index is 12.8. The van der Waals surface area contributed by atoms with Gasteiger partial charge >= 0.3 is 12.1 Å². The normalized spacial score (nSPS) is 12.5. The van der Waals surface area contributed by atoms with E-state index in [1.165, 1.54) is 12.1 Å². The van der Waals surface area contributed by atoms with Gasteiger partial charge < -0.3 is 10.4 Å². The number of nitrogens with one attached hydrogen (secondary N) is 1. The van der Waals surface area contributed by atoms with Crippen LogP contribution >= 0.6 is 11.6 Å². The zero-order chi connectivity index (χ0) is 18.6. The third-order valence-corrected chi connectivity index (χ3v) is 3.74. The van der Waals surface area contributed by atoms with Gasteiger partial charge in [0, 0.05) is 12.0 Å². The lowest BCUT2D eigenvalue weighted by atomic mass is 10.0. The third-order valence-electron chi connectivity index (χ3n) is 3.41. The molecule has 1 unspecified atom stereocenters. The number of aliphatic carboxylic acids is 1. The van der Waals surface area contributed by atoms with Crippen LogP contribution in [-0.2, 0) is 11.0 Å². The molecule has 1 atom stereocenters. The molecule has 4 nitrogen and oxygen atoms in total. The van der Waals surface area contributed by atoms with Crippen LogP contribution in [0.25, 0.3) is 0 Å². The van der Waals surface area contributed by atoms with Gasteiger partial charge in [0.2, 0.25) is 0 Å². The van der Waals surface area contributed by atoms with Crippen LogP contribution in [0.4, 0.5) is 18.9 Å². The van der Waals surface area contributed by atoms with Gasteiger partial charge in [-0.05, 0) is 18.2 Å². The molecule has 8 heteroatoms. The van der Waals surface area contributed by atoms with Gasteiger partial charge in [0.05, 0.1) is 16.3 Å². The van der Waals surface area contributed by atoms with E-state index in [1.807, 2.05) is 0 Å². The highest BCUT2D eigenvalue weighted by molar-refractivity contribution is 6.33. The molecule has 0 aliphatic rings. The summed E-state index contributed by atoms with van der Waals surface area (Å²) in [6.45, 7) is 0. The number of hydrogen-bond acceptors (Lipinski definition) is 3. The average Bonchev–Trinajstić information content (AvgIpc) is 2.55. The van der Waals surface area contributed by atoms with E-state index >= 15 is 0 Å². The van der Waals surface area contributed by atoms with Crippen LogP contribution in [0.15, 0.2) is 48.5 Å². The van der Waals surface area contributed by atoms with Crippen LogP contribution in [-0.4, -0.2) is 22.9 Å². The molecule has 0 saturated carbocycles. The number of halogens is 4. The first-order valence-electron chi connectivity index (χ1n) is 7.13. The lowest BCUT2D eigenvalue weighted by Crippen LogP contribution is -2.32. The second-order valence-corrected chi connectivity index (χ2v) is 5.63. The number of ketones is 1. The number of rotatable bonds is 6. The number of benzene rings is 2. The molecule has 2 N–H and O–H groups in total. The van der Waals surface area contributed by atoms with Gasteiger partial charge in [-0.25, -0.2) is 4.79 Å². The van der Waals surface area contributed by atoms with Gasteiger partial charge in [-0.3, -0.25) is 4.79 Å². The van der Waals surface area contributed by atoms with Gasteiger partial charge in [-0.1, -0.05) is 41.9 Å². The minimum absolute atomic E-state index is 0.0774. The molecule has 0 heterocycles. The number of carboxylic acid groups (broad SMARTS) is 1. The van der Waals surface area contributed by atoms with Crippen molar-refractivity contribution >= 4 is 29.0 Å². The predicted molar refractivity (Wildman–Crippen MR) is 86.9 cm³/mol. The minimum Gasteiger partial charge on any atom is -0.480 e. The van der Waals surface area contributed by atoms with E-state index < -0.39 is 36.0 Å². The number of carbonyl (C=O) groups excluding carboxylic acids is 1. The summed E-state index contributed by atoms with van der Waals surface area (Å²) in [4.78, 5) is 23.5. The lowest BCUT2D eigenvalue weighted by molar-refractivity contribution is -0.138. The van der Waals surface area contributed by atoms with Gasteiger partial charge in [0.25, 0.3) is 0 Å². The zero-order valence-electron chi connectivity index (χ0n) is 12.7.